The molecule has 5 rings (SSSR count). The highest BCUT2D eigenvalue weighted by Gasteiger charge is 2.35. The van der Waals surface area contributed by atoms with Crippen molar-refractivity contribution in [3.05, 3.63) is 71.0 Å². The van der Waals surface area contributed by atoms with E-state index in [0.29, 0.717) is 40.6 Å². The van der Waals surface area contributed by atoms with Crippen molar-refractivity contribution in [2.45, 2.75) is 18.9 Å². The molecule has 3 heterocycles. The minimum atomic E-state index is -0.534. The number of hydrogen-bond acceptors (Lipinski definition) is 7. The molecule has 1 saturated heterocycles. The fraction of sp³-hybridized carbons (Fsp3) is 0.227. The minimum absolute atomic E-state index is 0.0161. The topological polar surface area (TPSA) is 99.2 Å². The van der Waals surface area contributed by atoms with Gasteiger partial charge in [-0.05, 0) is 43.2 Å². The van der Waals surface area contributed by atoms with Gasteiger partial charge in [0.25, 0.3) is 11.8 Å². The van der Waals surface area contributed by atoms with Crippen molar-refractivity contribution in [2.75, 3.05) is 13.7 Å². The number of para-hydroxylation sites is 1. The van der Waals surface area contributed by atoms with Crippen molar-refractivity contribution in [1.82, 2.24) is 30.0 Å². The SMILES string of the molecule is COc1c(F)cccc1-c1nc(C2CCCN2C(=O)c2cc(Cl)ccc2-n2nccn2)no1. The Kier molecular flexibility index (Phi) is 5.51. The quantitative estimate of drug-likeness (QED) is 0.435. The van der Waals surface area contributed by atoms with Crippen molar-refractivity contribution in [1.29, 1.82) is 0 Å². The lowest BCUT2D eigenvalue weighted by Crippen LogP contribution is -2.32. The van der Waals surface area contributed by atoms with Gasteiger partial charge in [-0.2, -0.15) is 20.0 Å². The molecular formula is C22H18ClFN6O3. The van der Waals surface area contributed by atoms with E-state index in [1.807, 2.05) is 0 Å². The molecule has 11 heteroatoms. The molecule has 1 atom stereocenters. The third-order valence-corrected chi connectivity index (χ3v) is 5.71. The lowest BCUT2D eigenvalue weighted by molar-refractivity contribution is 0.0728. The summed E-state index contributed by atoms with van der Waals surface area (Å²) in [7, 11) is 1.37. The first-order chi connectivity index (χ1) is 16.1. The molecule has 0 bridgehead atoms. The van der Waals surface area contributed by atoms with Gasteiger partial charge in [0.05, 0.1) is 42.4 Å². The lowest BCUT2D eigenvalue weighted by atomic mass is 10.1. The maximum absolute atomic E-state index is 14.1. The third-order valence-electron chi connectivity index (χ3n) is 5.48. The second-order valence-electron chi connectivity index (χ2n) is 7.41. The van der Waals surface area contributed by atoms with Gasteiger partial charge in [0, 0.05) is 11.6 Å². The van der Waals surface area contributed by atoms with Crippen LogP contribution in [-0.2, 0) is 0 Å². The highest BCUT2D eigenvalue weighted by atomic mass is 35.5. The van der Waals surface area contributed by atoms with Gasteiger partial charge in [-0.3, -0.25) is 4.79 Å². The van der Waals surface area contributed by atoms with Gasteiger partial charge in [-0.1, -0.05) is 22.8 Å². The molecule has 4 aromatic rings. The number of aromatic nitrogens is 5. The number of halogens is 2. The highest BCUT2D eigenvalue weighted by molar-refractivity contribution is 6.31. The average Bonchev–Trinajstić information content (AvgIpc) is 3.59. The van der Waals surface area contributed by atoms with Crippen molar-refractivity contribution in [3.63, 3.8) is 0 Å². The predicted molar refractivity (Wildman–Crippen MR) is 116 cm³/mol. The van der Waals surface area contributed by atoms with Crippen LogP contribution >= 0.6 is 11.6 Å². The maximum Gasteiger partial charge on any atom is 0.261 e. The standard InChI is InChI=1S/C22H18ClFN6O3/c1-32-19-14(4-2-5-16(19)24)21-27-20(28-33-21)18-6-3-11-29(18)22(31)15-12-13(23)7-8-17(15)30-25-9-10-26-30/h2,4-5,7-10,12,18H,3,6,11H2,1H3. The first-order valence-corrected chi connectivity index (χ1v) is 10.6. The van der Waals surface area contributed by atoms with E-state index in [9.17, 15) is 9.18 Å². The van der Waals surface area contributed by atoms with E-state index in [4.69, 9.17) is 20.9 Å². The largest absolute Gasteiger partial charge is 0.493 e. The summed E-state index contributed by atoms with van der Waals surface area (Å²) in [4.78, 5) is 21.1. The average molecular weight is 469 g/mol. The summed E-state index contributed by atoms with van der Waals surface area (Å²) in [6, 6.07) is 9.01. The van der Waals surface area contributed by atoms with Crippen LogP contribution in [0.25, 0.3) is 17.1 Å². The van der Waals surface area contributed by atoms with Gasteiger partial charge in [-0.15, -0.1) is 0 Å². The van der Waals surface area contributed by atoms with E-state index in [1.165, 1.54) is 36.4 Å². The van der Waals surface area contributed by atoms with Crippen LogP contribution in [0.15, 0.2) is 53.3 Å². The zero-order valence-corrected chi connectivity index (χ0v) is 18.2. The van der Waals surface area contributed by atoms with Gasteiger partial charge in [0.1, 0.15) is 0 Å². The third kappa shape index (κ3) is 3.82. The van der Waals surface area contributed by atoms with Crippen LogP contribution in [0.2, 0.25) is 5.02 Å². The Morgan fingerprint density at radius 1 is 1.24 bits per heavy atom. The van der Waals surface area contributed by atoms with Gasteiger partial charge in [0.2, 0.25) is 0 Å². The van der Waals surface area contributed by atoms with Crippen LogP contribution in [0.1, 0.15) is 35.1 Å². The molecule has 2 aromatic heterocycles. The number of amides is 1. The fourth-order valence-corrected chi connectivity index (χ4v) is 4.16. The van der Waals surface area contributed by atoms with Gasteiger partial charge < -0.3 is 14.2 Å². The van der Waals surface area contributed by atoms with E-state index in [1.54, 1.807) is 29.2 Å². The monoisotopic (exact) mass is 468 g/mol. The molecule has 1 aliphatic heterocycles. The molecule has 0 spiro atoms. The molecule has 1 amide bonds. The van der Waals surface area contributed by atoms with E-state index >= 15 is 0 Å². The first-order valence-electron chi connectivity index (χ1n) is 10.2. The lowest BCUT2D eigenvalue weighted by Gasteiger charge is -2.23. The Balaban J connectivity index is 1.48. The maximum atomic E-state index is 14.1. The highest BCUT2D eigenvalue weighted by Crippen LogP contribution is 2.36. The first kappa shape index (κ1) is 21.1. The number of likely N-dealkylation sites (tertiary alicyclic amines) is 1. The van der Waals surface area contributed by atoms with Crippen molar-refractivity contribution in [2.24, 2.45) is 0 Å². The molecule has 1 fully saturated rings. The Labute approximate surface area is 192 Å². The van der Waals surface area contributed by atoms with Crippen molar-refractivity contribution in [3.8, 4) is 22.9 Å². The van der Waals surface area contributed by atoms with Crippen LogP contribution in [0.4, 0.5) is 4.39 Å². The zero-order chi connectivity index (χ0) is 22.9. The summed E-state index contributed by atoms with van der Waals surface area (Å²) >= 11 is 6.19. The molecule has 1 aliphatic rings. The Morgan fingerprint density at radius 2 is 2.06 bits per heavy atom. The molecule has 33 heavy (non-hydrogen) atoms. The molecule has 0 saturated carbocycles. The number of nitrogens with zero attached hydrogens (tertiary/aromatic N) is 6. The van der Waals surface area contributed by atoms with E-state index in [0.717, 1.165) is 6.42 Å². The van der Waals surface area contributed by atoms with Crippen LogP contribution < -0.4 is 4.74 Å². The van der Waals surface area contributed by atoms with E-state index < -0.39 is 11.9 Å². The van der Waals surface area contributed by atoms with Gasteiger partial charge in [0.15, 0.2) is 17.4 Å². The summed E-state index contributed by atoms with van der Waals surface area (Å²) in [5, 5.41) is 12.8. The molecule has 0 aliphatic carbocycles. The number of rotatable bonds is 5. The number of methoxy groups -OCH3 is 1. The smallest absolute Gasteiger partial charge is 0.261 e. The van der Waals surface area contributed by atoms with Crippen LogP contribution in [-0.4, -0.2) is 49.6 Å². The van der Waals surface area contributed by atoms with Crippen LogP contribution in [0, 0.1) is 5.82 Å². The van der Waals surface area contributed by atoms with Gasteiger partial charge in [-0.25, -0.2) is 4.39 Å². The number of carbonyl (C=O) groups excluding carboxylic acids is 1. The molecule has 9 nitrogen and oxygen atoms in total. The summed E-state index contributed by atoms with van der Waals surface area (Å²) < 4.78 is 24.6. The molecule has 2 aromatic carbocycles. The summed E-state index contributed by atoms with van der Waals surface area (Å²) in [6.45, 7) is 0.509. The second kappa shape index (κ2) is 8.62. The van der Waals surface area contributed by atoms with Crippen LogP contribution in [0.3, 0.4) is 0 Å². The van der Waals surface area contributed by atoms with Gasteiger partial charge >= 0.3 is 0 Å². The molecule has 168 valence electrons. The fourth-order valence-electron chi connectivity index (χ4n) is 3.99. The molecule has 0 radical (unpaired) electrons. The normalized spacial score (nSPS) is 15.7. The Morgan fingerprint density at radius 3 is 2.85 bits per heavy atom. The number of carbonyl (C=O) groups is 1. The van der Waals surface area contributed by atoms with Crippen LogP contribution in [0.5, 0.6) is 5.75 Å². The molecule has 0 N–H and O–H groups in total. The summed E-state index contributed by atoms with van der Waals surface area (Å²) in [5.41, 5.74) is 1.22. The summed E-state index contributed by atoms with van der Waals surface area (Å²) in [5.74, 6) is -0.315. The second-order valence-corrected chi connectivity index (χ2v) is 7.85. The van der Waals surface area contributed by atoms with E-state index in [2.05, 4.69) is 20.3 Å². The van der Waals surface area contributed by atoms with Crippen molar-refractivity contribution >= 4 is 17.5 Å². The Hall–Kier alpha value is -3.79. The van der Waals surface area contributed by atoms with Crippen molar-refractivity contribution < 1.29 is 18.4 Å². The minimum Gasteiger partial charge on any atom is -0.493 e. The summed E-state index contributed by atoms with van der Waals surface area (Å²) in [6.07, 6.45) is 4.48. The molecule has 1 unspecified atom stereocenters. The van der Waals surface area contributed by atoms with E-state index in [-0.39, 0.29) is 17.5 Å². The zero-order valence-electron chi connectivity index (χ0n) is 17.5. The molecular weight excluding hydrogens is 451 g/mol. The number of ether oxygens (including phenoxy) is 1. The predicted octanol–water partition coefficient (Wildman–Crippen LogP) is 4.10. The number of benzene rings is 2. The Bertz CT molecular complexity index is 1310. The number of hydrogen-bond donors (Lipinski definition) is 0.